The Morgan fingerprint density at radius 3 is 2.04 bits per heavy atom. The molecular formula is C37H49N7O11. The number of imide groups is 2. The van der Waals surface area contributed by atoms with E-state index in [4.69, 9.17) is 29.4 Å². The van der Waals surface area contributed by atoms with Gasteiger partial charge < -0.3 is 45.0 Å². The Hall–Kier alpha value is -5.01. The minimum absolute atomic E-state index is 0.0576. The molecule has 1 aromatic carbocycles. The Labute approximate surface area is 318 Å². The predicted octanol–water partition coefficient (Wildman–Crippen LogP) is 0.570. The lowest BCUT2D eigenvalue weighted by Gasteiger charge is -2.32. The molecule has 3 aliphatic heterocycles. The summed E-state index contributed by atoms with van der Waals surface area (Å²) in [5, 5.41) is 8.66. The lowest BCUT2D eigenvalue weighted by molar-refractivity contribution is -0.136. The molecule has 1 aromatic heterocycles. The molecule has 0 bridgehead atoms. The number of nitrogens with one attached hydrogen (secondary N) is 3. The third-order valence-corrected chi connectivity index (χ3v) is 9.16. The molecule has 2 saturated heterocycles. The fraction of sp³-hybridized carbons (Fsp3) is 0.541. The molecule has 6 amide bonds. The van der Waals surface area contributed by atoms with E-state index < -0.39 is 35.6 Å². The normalized spacial score (nSPS) is 17.3. The van der Waals surface area contributed by atoms with Gasteiger partial charge in [0.25, 0.3) is 17.7 Å². The lowest BCUT2D eigenvalue weighted by Crippen LogP contribution is -2.54. The van der Waals surface area contributed by atoms with Crippen molar-refractivity contribution in [2.75, 3.05) is 96.3 Å². The van der Waals surface area contributed by atoms with Crippen LogP contribution in [0.1, 0.15) is 63.3 Å². The number of nitrogens with two attached hydrogens (primary N) is 1. The topological polar surface area (TPSA) is 230 Å². The van der Waals surface area contributed by atoms with Crippen molar-refractivity contribution in [3.8, 4) is 0 Å². The van der Waals surface area contributed by atoms with Crippen LogP contribution in [0.3, 0.4) is 0 Å². The van der Waals surface area contributed by atoms with Crippen molar-refractivity contribution in [3.63, 3.8) is 0 Å². The zero-order chi connectivity index (χ0) is 39.0. The Balaban J connectivity index is 0.791. The molecular weight excluding hydrogens is 718 g/mol. The van der Waals surface area contributed by atoms with Crippen LogP contribution in [0.5, 0.6) is 0 Å². The van der Waals surface area contributed by atoms with Crippen molar-refractivity contribution in [2.45, 2.75) is 44.2 Å². The van der Waals surface area contributed by atoms with Gasteiger partial charge in [0.2, 0.25) is 17.7 Å². The Morgan fingerprint density at radius 1 is 0.782 bits per heavy atom. The highest BCUT2D eigenvalue weighted by atomic mass is 16.6. The summed E-state index contributed by atoms with van der Waals surface area (Å²) < 4.78 is 27.7. The Morgan fingerprint density at radius 2 is 1.40 bits per heavy atom. The van der Waals surface area contributed by atoms with E-state index in [1.165, 1.54) is 0 Å². The highest BCUT2D eigenvalue weighted by Gasteiger charge is 2.44. The van der Waals surface area contributed by atoms with Gasteiger partial charge in [-0.15, -0.1) is 0 Å². The molecule has 5 N–H and O–H groups in total. The van der Waals surface area contributed by atoms with E-state index in [9.17, 15) is 28.8 Å². The van der Waals surface area contributed by atoms with Gasteiger partial charge in [-0.3, -0.25) is 39.0 Å². The van der Waals surface area contributed by atoms with Crippen LogP contribution in [0, 0.1) is 0 Å². The number of piperidine rings is 2. The number of benzene rings is 1. The first-order valence-corrected chi connectivity index (χ1v) is 18.5. The van der Waals surface area contributed by atoms with Crippen LogP contribution < -0.4 is 21.7 Å². The average molecular weight is 768 g/mol. The summed E-state index contributed by atoms with van der Waals surface area (Å²) in [4.78, 5) is 80.4. The molecule has 3 aliphatic rings. The zero-order valence-electron chi connectivity index (χ0n) is 30.8. The van der Waals surface area contributed by atoms with Crippen molar-refractivity contribution in [3.05, 3.63) is 53.2 Å². The van der Waals surface area contributed by atoms with Crippen LogP contribution in [0.4, 0.5) is 11.5 Å². The van der Waals surface area contributed by atoms with Gasteiger partial charge in [0, 0.05) is 37.8 Å². The summed E-state index contributed by atoms with van der Waals surface area (Å²) in [6.07, 6.45) is 2.04. The van der Waals surface area contributed by atoms with Crippen molar-refractivity contribution < 1.29 is 52.5 Å². The fourth-order valence-electron chi connectivity index (χ4n) is 6.28. The minimum atomic E-state index is -1.00. The van der Waals surface area contributed by atoms with E-state index in [2.05, 4.69) is 20.9 Å². The standard InChI is InChI=1S/C37H49N7O11/c38-34(47)29-2-1-3-31(41-29)40-25-8-12-43(13-9-25)33(46)10-14-51-16-18-53-20-22-55-23-21-54-19-17-52-15-11-39-26-4-5-27-28(24-26)37(50)44(36(27)49)30-6-7-32(45)42-35(30)48/h1-5,24-25,30,39H,6-23H2,(H2,38,47)(H,40,41)(H,42,45,48). The fourth-order valence-corrected chi connectivity index (χ4v) is 6.28. The number of primary amides is 1. The largest absolute Gasteiger partial charge is 0.383 e. The van der Waals surface area contributed by atoms with Crippen molar-refractivity contribution in [2.24, 2.45) is 5.73 Å². The molecule has 4 heterocycles. The maximum Gasteiger partial charge on any atom is 0.267 e. The number of rotatable bonds is 23. The lowest BCUT2D eigenvalue weighted by atomic mass is 10.0. The predicted molar refractivity (Wildman–Crippen MR) is 196 cm³/mol. The maximum absolute atomic E-state index is 13.0. The number of nitrogens with zero attached hydrogens (tertiary/aromatic N) is 3. The van der Waals surface area contributed by atoms with Gasteiger partial charge in [0.1, 0.15) is 17.6 Å². The number of hydrogen-bond acceptors (Lipinski definition) is 14. The number of pyridine rings is 1. The van der Waals surface area contributed by atoms with Crippen molar-refractivity contribution in [1.82, 2.24) is 20.1 Å². The summed E-state index contributed by atoms with van der Waals surface area (Å²) in [7, 11) is 0. The highest BCUT2D eigenvalue weighted by molar-refractivity contribution is 6.23. The number of aromatic nitrogens is 1. The molecule has 1 unspecified atom stereocenters. The van der Waals surface area contributed by atoms with E-state index in [-0.39, 0.29) is 41.6 Å². The second-order valence-electron chi connectivity index (χ2n) is 13.0. The van der Waals surface area contributed by atoms with Crippen LogP contribution in [-0.4, -0.2) is 148 Å². The van der Waals surface area contributed by atoms with Gasteiger partial charge in [-0.25, -0.2) is 4.98 Å². The smallest absolute Gasteiger partial charge is 0.267 e. The molecule has 0 aliphatic carbocycles. The van der Waals surface area contributed by atoms with E-state index in [0.717, 1.165) is 17.7 Å². The van der Waals surface area contributed by atoms with Gasteiger partial charge in [0.05, 0.1) is 83.6 Å². The average Bonchev–Trinajstić information content (AvgIpc) is 3.42. The molecule has 298 valence electrons. The number of fused-ring (bicyclic) bond motifs is 1. The van der Waals surface area contributed by atoms with Crippen LogP contribution in [0.15, 0.2) is 36.4 Å². The van der Waals surface area contributed by atoms with E-state index in [1.54, 1.807) is 36.4 Å². The Kier molecular flexibility index (Phi) is 15.8. The quantitative estimate of drug-likeness (QED) is 0.0896. The molecule has 18 heteroatoms. The van der Waals surface area contributed by atoms with Crippen molar-refractivity contribution >= 4 is 46.9 Å². The molecule has 2 fully saturated rings. The number of carbonyl (C=O) groups excluding carboxylic acids is 6. The second-order valence-corrected chi connectivity index (χ2v) is 13.0. The SMILES string of the molecule is NC(=O)c1cccc(NC2CCN(C(=O)CCOCCOCCOCCOCCOCCNc3ccc4c(c3)C(=O)N(C3CCC(=O)NC3=O)C4=O)CC2)n1. The summed E-state index contributed by atoms with van der Waals surface area (Å²) in [5.74, 6) is -2.08. The number of anilines is 2. The van der Waals surface area contributed by atoms with Gasteiger partial charge in [-0.2, -0.15) is 0 Å². The zero-order valence-corrected chi connectivity index (χ0v) is 30.8. The monoisotopic (exact) mass is 767 g/mol. The molecule has 1 atom stereocenters. The first kappa shape index (κ1) is 41.2. The highest BCUT2D eigenvalue weighted by Crippen LogP contribution is 2.29. The van der Waals surface area contributed by atoms with Crippen LogP contribution in [-0.2, 0) is 38.1 Å². The molecule has 18 nitrogen and oxygen atoms in total. The number of likely N-dealkylation sites (tertiary alicyclic amines) is 1. The van der Waals surface area contributed by atoms with E-state index in [1.807, 2.05) is 4.90 Å². The molecule has 0 spiro atoms. The molecule has 0 saturated carbocycles. The molecule has 5 rings (SSSR count). The summed E-state index contributed by atoms with van der Waals surface area (Å²) in [6, 6.07) is 9.07. The summed E-state index contributed by atoms with van der Waals surface area (Å²) in [5.41, 5.74) is 6.58. The number of carbonyl (C=O) groups is 6. The first-order chi connectivity index (χ1) is 26.7. The number of amides is 6. The van der Waals surface area contributed by atoms with Gasteiger partial charge in [-0.05, 0) is 49.6 Å². The number of ether oxygens (including phenoxy) is 5. The minimum Gasteiger partial charge on any atom is -0.383 e. The molecule has 0 radical (unpaired) electrons. The third kappa shape index (κ3) is 12.2. The van der Waals surface area contributed by atoms with Gasteiger partial charge in [0.15, 0.2) is 0 Å². The first-order valence-electron chi connectivity index (χ1n) is 18.5. The third-order valence-electron chi connectivity index (χ3n) is 9.16. The van der Waals surface area contributed by atoms with E-state index >= 15 is 0 Å². The maximum atomic E-state index is 13.0. The molecule has 2 aromatic rings. The summed E-state index contributed by atoms with van der Waals surface area (Å²) in [6.45, 7) is 5.66. The Bertz CT molecular complexity index is 1670. The summed E-state index contributed by atoms with van der Waals surface area (Å²) >= 11 is 0. The van der Waals surface area contributed by atoms with Gasteiger partial charge in [-0.1, -0.05) is 6.07 Å². The second kappa shape index (κ2) is 21.2. The number of hydrogen-bond donors (Lipinski definition) is 4. The van der Waals surface area contributed by atoms with Gasteiger partial charge >= 0.3 is 0 Å². The van der Waals surface area contributed by atoms with E-state index in [0.29, 0.717) is 104 Å². The molecule has 55 heavy (non-hydrogen) atoms. The van der Waals surface area contributed by atoms with Crippen LogP contribution in [0.2, 0.25) is 0 Å². The van der Waals surface area contributed by atoms with Crippen molar-refractivity contribution in [1.29, 1.82) is 0 Å². The van der Waals surface area contributed by atoms with Crippen LogP contribution >= 0.6 is 0 Å². The van der Waals surface area contributed by atoms with Crippen LogP contribution in [0.25, 0.3) is 0 Å².